The van der Waals surface area contributed by atoms with E-state index in [9.17, 15) is 8.78 Å². The van der Waals surface area contributed by atoms with Gasteiger partial charge in [0.2, 0.25) is 0 Å². The molecule has 1 unspecified atom stereocenters. The molecule has 1 N–H and O–H groups in total. The fourth-order valence-electron chi connectivity index (χ4n) is 2.51. The van der Waals surface area contributed by atoms with Crippen LogP contribution in [0.4, 0.5) is 14.5 Å². The minimum Gasteiger partial charge on any atom is -0.367 e. The monoisotopic (exact) mass is 332 g/mol. The molecule has 1 aromatic carbocycles. The van der Waals surface area contributed by atoms with E-state index in [1.807, 2.05) is 4.90 Å². The van der Waals surface area contributed by atoms with Crippen molar-refractivity contribution in [1.29, 1.82) is 0 Å². The van der Waals surface area contributed by atoms with Crippen molar-refractivity contribution in [2.75, 3.05) is 24.5 Å². The van der Waals surface area contributed by atoms with Gasteiger partial charge < -0.3 is 10.2 Å². The molecule has 0 aliphatic carbocycles. The fourth-order valence-corrected chi connectivity index (χ4v) is 2.83. The lowest BCUT2D eigenvalue weighted by molar-refractivity contribution is 0.500. The summed E-state index contributed by atoms with van der Waals surface area (Å²) in [5.74, 6) is -0.786. The second-order valence-corrected chi connectivity index (χ2v) is 5.81. The molecule has 0 radical (unpaired) electrons. The average molecular weight is 333 g/mol. The van der Waals surface area contributed by atoms with Crippen LogP contribution in [-0.2, 0) is 0 Å². The molecule has 106 valence electrons. The molecule has 2 nitrogen and oxygen atoms in total. The third-order valence-corrected chi connectivity index (χ3v) is 4.05. The smallest absolute Gasteiger partial charge is 0.147 e. The molecule has 19 heavy (non-hydrogen) atoms. The van der Waals surface area contributed by atoms with Crippen molar-refractivity contribution in [3.8, 4) is 0 Å². The number of hydrogen-bond donors (Lipinski definition) is 1. The summed E-state index contributed by atoms with van der Waals surface area (Å²) in [5, 5.41) is 3.46. The van der Waals surface area contributed by atoms with E-state index in [1.54, 1.807) is 0 Å². The second kappa shape index (κ2) is 6.66. The van der Waals surface area contributed by atoms with Crippen molar-refractivity contribution < 1.29 is 8.78 Å². The van der Waals surface area contributed by atoms with Gasteiger partial charge in [-0.2, -0.15) is 0 Å². The van der Waals surface area contributed by atoms with Crippen LogP contribution >= 0.6 is 15.9 Å². The average Bonchev–Trinajstić information content (AvgIpc) is 2.60. The Balaban J connectivity index is 2.21. The van der Waals surface area contributed by atoms with E-state index >= 15 is 0 Å². The summed E-state index contributed by atoms with van der Waals surface area (Å²) in [6, 6.07) is 2.84. The molecule has 0 bridgehead atoms. The lowest BCUT2D eigenvalue weighted by Crippen LogP contribution is -2.38. The third-order valence-electron chi connectivity index (χ3n) is 3.45. The maximum atomic E-state index is 14.0. The number of hydrogen-bond acceptors (Lipinski definition) is 2. The number of anilines is 1. The van der Waals surface area contributed by atoms with Gasteiger partial charge in [-0.3, -0.25) is 0 Å². The van der Waals surface area contributed by atoms with Gasteiger partial charge in [-0.15, -0.1) is 0 Å². The zero-order valence-corrected chi connectivity index (χ0v) is 12.6. The summed E-state index contributed by atoms with van der Waals surface area (Å²) >= 11 is 3.01. The number of benzene rings is 1. The standard InChI is InChI=1S/C14H19BrF2N2/c1-2-4-10-9-19(6-3-5-18-10)14-8-12(16)11(15)7-13(14)17/h7-8,10,18H,2-6,9H2,1H3. The lowest BCUT2D eigenvalue weighted by atomic mass is 10.1. The first kappa shape index (κ1) is 14.7. The second-order valence-electron chi connectivity index (χ2n) is 4.96. The van der Waals surface area contributed by atoms with Gasteiger partial charge in [0.15, 0.2) is 0 Å². The largest absolute Gasteiger partial charge is 0.367 e. The first-order valence-corrected chi connectivity index (χ1v) is 7.54. The Bertz CT molecular complexity index is 440. The van der Waals surface area contributed by atoms with E-state index < -0.39 is 5.82 Å². The van der Waals surface area contributed by atoms with Gasteiger partial charge in [0.05, 0.1) is 10.2 Å². The zero-order chi connectivity index (χ0) is 13.8. The van der Waals surface area contributed by atoms with E-state index in [-0.39, 0.29) is 10.3 Å². The molecule has 2 rings (SSSR count). The number of halogens is 3. The number of nitrogens with zero attached hydrogens (tertiary/aromatic N) is 1. The summed E-state index contributed by atoms with van der Waals surface area (Å²) in [7, 11) is 0. The maximum Gasteiger partial charge on any atom is 0.147 e. The van der Waals surface area contributed by atoms with Crippen LogP contribution in [0.15, 0.2) is 16.6 Å². The Labute approximate surface area is 121 Å². The quantitative estimate of drug-likeness (QED) is 0.849. The Morgan fingerprint density at radius 1 is 1.37 bits per heavy atom. The van der Waals surface area contributed by atoms with Crippen LogP contribution in [0.5, 0.6) is 0 Å². The minimum atomic E-state index is -0.416. The lowest BCUT2D eigenvalue weighted by Gasteiger charge is -2.27. The molecule has 0 aromatic heterocycles. The molecule has 0 saturated carbocycles. The Kier molecular flexibility index (Phi) is 5.16. The Morgan fingerprint density at radius 2 is 2.16 bits per heavy atom. The van der Waals surface area contributed by atoms with Gasteiger partial charge in [-0.1, -0.05) is 13.3 Å². The predicted octanol–water partition coefficient (Wildman–Crippen LogP) is 3.70. The molecule has 1 atom stereocenters. The van der Waals surface area contributed by atoms with Gasteiger partial charge >= 0.3 is 0 Å². The Morgan fingerprint density at radius 3 is 2.89 bits per heavy atom. The molecule has 1 fully saturated rings. The van der Waals surface area contributed by atoms with Crippen LogP contribution in [0, 0.1) is 11.6 Å². The summed E-state index contributed by atoms with van der Waals surface area (Å²) < 4.78 is 27.8. The molecular formula is C14H19BrF2N2. The fraction of sp³-hybridized carbons (Fsp3) is 0.571. The minimum absolute atomic E-state index is 0.173. The number of nitrogens with one attached hydrogen (secondary N) is 1. The van der Waals surface area contributed by atoms with Crippen LogP contribution in [0.1, 0.15) is 26.2 Å². The van der Waals surface area contributed by atoms with Gasteiger partial charge in [0, 0.05) is 25.2 Å². The molecule has 0 amide bonds. The summed E-state index contributed by atoms with van der Waals surface area (Å²) in [4.78, 5) is 1.95. The van der Waals surface area contributed by atoms with Crippen molar-refractivity contribution in [2.24, 2.45) is 0 Å². The molecule has 0 spiro atoms. The van der Waals surface area contributed by atoms with Crippen molar-refractivity contribution >= 4 is 21.6 Å². The van der Waals surface area contributed by atoms with E-state index in [0.717, 1.165) is 38.9 Å². The van der Waals surface area contributed by atoms with Gasteiger partial charge in [-0.25, -0.2) is 8.78 Å². The van der Waals surface area contributed by atoms with E-state index in [0.29, 0.717) is 11.7 Å². The van der Waals surface area contributed by atoms with Gasteiger partial charge in [0.1, 0.15) is 11.6 Å². The van der Waals surface area contributed by atoms with Crippen molar-refractivity contribution in [3.63, 3.8) is 0 Å². The summed E-state index contributed by atoms with van der Waals surface area (Å²) in [6.07, 6.45) is 3.08. The normalized spacial score (nSPS) is 20.4. The molecule has 5 heteroatoms. The first-order valence-electron chi connectivity index (χ1n) is 6.74. The predicted molar refractivity (Wildman–Crippen MR) is 77.6 cm³/mol. The van der Waals surface area contributed by atoms with E-state index in [1.165, 1.54) is 12.1 Å². The van der Waals surface area contributed by atoms with Crippen LogP contribution in [0.2, 0.25) is 0 Å². The molecule has 1 aliphatic heterocycles. The topological polar surface area (TPSA) is 15.3 Å². The third kappa shape index (κ3) is 3.66. The van der Waals surface area contributed by atoms with Crippen molar-refractivity contribution in [1.82, 2.24) is 5.32 Å². The molecule has 1 aliphatic rings. The highest BCUT2D eigenvalue weighted by molar-refractivity contribution is 9.10. The first-order chi connectivity index (χ1) is 9.11. The van der Waals surface area contributed by atoms with E-state index in [2.05, 4.69) is 28.2 Å². The molecule has 1 aromatic rings. The zero-order valence-electron chi connectivity index (χ0n) is 11.1. The highest BCUT2D eigenvalue weighted by atomic mass is 79.9. The molecule has 1 saturated heterocycles. The van der Waals surface area contributed by atoms with Crippen LogP contribution in [0.3, 0.4) is 0 Å². The van der Waals surface area contributed by atoms with Gasteiger partial charge in [-0.05, 0) is 41.4 Å². The van der Waals surface area contributed by atoms with Crippen molar-refractivity contribution in [3.05, 3.63) is 28.2 Å². The summed E-state index contributed by atoms with van der Waals surface area (Å²) in [6.45, 7) is 4.55. The van der Waals surface area contributed by atoms with Crippen LogP contribution in [0.25, 0.3) is 0 Å². The van der Waals surface area contributed by atoms with Crippen LogP contribution in [-0.4, -0.2) is 25.7 Å². The molecule has 1 heterocycles. The van der Waals surface area contributed by atoms with Crippen LogP contribution < -0.4 is 10.2 Å². The molecular weight excluding hydrogens is 314 g/mol. The highest BCUT2D eigenvalue weighted by Gasteiger charge is 2.20. The maximum absolute atomic E-state index is 14.0. The highest BCUT2D eigenvalue weighted by Crippen LogP contribution is 2.27. The van der Waals surface area contributed by atoms with E-state index in [4.69, 9.17) is 0 Å². The number of rotatable bonds is 3. The Hall–Kier alpha value is -0.680. The SMILES string of the molecule is CCCC1CN(c2cc(F)c(Br)cc2F)CCCN1. The van der Waals surface area contributed by atoms with Gasteiger partial charge in [0.25, 0.3) is 0 Å². The summed E-state index contributed by atoms with van der Waals surface area (Å²) in [5.41, 5.74) is 0.366. The van der Waals surface area contributed by atoms with Crippen molar-refractivity contribution in [2.45, 2.75) is 32.2 Å².